The van der Waals surface area contributed by atoms with Crippen LogP contribution < -0.4 is 5.32 Å². The van der Waals surface area contributed by atoms with Gasteiger partial charge in [0.05, 0.1) is 11.9 Å². The lowest BCUT2D eigenvalue weighted by Gasteiger charge is -2.23. The van der Waals surface area contributed by atoms with E-state index < -0.39 is 0 Å². The average molecular weight is 126 g/mol. The minimum absolute atomic E-state index is 0.515. The van der Waals surface area contributed by atoms with Crippen molar-refractivity contribution in [1.82, 2.24) is 5.32 Å². The van der Waals surface area contributed by atoms with Crippen LogP contribution in [-0.4, -0.2) is 17.9 Å². The SMILES string of the molecule is CC1=NC(C)CC(C)N1. The molecule has 9 heavy (non-hydrogen) atoms. The molecule has 0 bridgehead atoms. The minimum Gasteiger partial charge on any atom is -0.372 e. The Hall–Kier alpha value is -0.530. The largest absolute Gasteiger partial charge is 0.372 e. The predicted molar refractivity (Wildman–Crippen MR) is 39.8 cm³/mol. The van der Waals surface area contributed by atoms with E-state index in [1.807, 2.05) is 6.92 Å². The number of hydrogen-bond donors (Lipinski definition) is 1. The van der Waals surface area contributed by atoms with E-state index in [9.17, 15) is 0 Å². The molecule has 0 radical (unpaired) electrons. The molecule has 1 aliphatic rings. The third kappa shape index (κ3) is 1.70. The van der Waals surface area contributed by atoms with Crippen LogP contribution in [0.1, 0.15) is 27.2 Å². The van der Waals surface area contributed by atoms with Gasteiger partial charge in [0.15, 0.2) is 0 Å². The van der Waals surface area contributed by atoms with Gasteiger partial charge >= 0.3 is 0 Å². The Kier molecular flexibility index (Phi) is 1.74. The van der Waals surface area contributed by atoms with Crippen LogP contribution >= 0.6 is 0 Å². The minimum atomic E-state index is 0.515. The maximum atomic E-state index is 4.34. The molecule has 1 aliphatic heterocycles. The van der Waals surface area contributed by atoms with Crippen molar-refractivity contribution in [2.75, 3.05) is 0 Å². The third-order valence-electron chi connectivity index (χ3n) is 1.56. The highest BCUT2D eigenvalue weighted by Gasteiger charge is 2.12. The molecule has 2 unspecified atom stereocenters. The van der Waals surface area contributed by atoms with Crippen molar-refractivity contribution in [3.63, 3.8) is 0 Å². The van der Waals surface area contributed by atoms with Crippen LogP contribution in [0.25, 0.3) is 0 Å². The van der Waals surface area contributed by atoms with E-state index in [0.717, 1.165) is 12.3 Å². The third-order valence-corrected chi connectivity index (χ3v) is 1.56. The molecule has 0 aromatic carbocycles. The number of hydrogen-bond acceptors (Lipinski definition) is 2. The first-order valence-corrected chi connectivity index (χ1v) is 3.49. The number of amidine groups is 1. The molecule has 2 atom stereocenters. The van der Waals surface area contributed by atoms with E-state index in [1.165, 1.54) is 0 Å². The zero-order valence-electron chi connectivity index (χ0n) is 6.31. The fourth-order valence-electron chi connectivity index (χ4n) is 1.35. The van der Waals surface area contributed by atoms with Crippen LogP contribution in [0.4, 0.5) is 0 Å². The lowest BCUT2D eigenvalue weighted by Crippen LogP contribution is -2.37. The molecule has 0 fully saturated rings. The summed E-state index contributed by atoms with van der Waals surface area (Å²) in [5.74, 6) is 1.08. The zero-order chi connectivity index (χ0) is 6.85. The Balaban J connectivity index is 2.56. The second-order valence-corrected chi connectivity index (χ2v) is 2.84. The van der Waals surface area contributed by atoms with Gasteiger partial charge < -0.3 is 5.32 Å². The van der Waals surface area contributed by atoms with Gasteiger partial charge in [-0.05, 0) is 27.2 Å². The van der Waals surface area contributed by atoms with E-state index in [-0.39, 0.29) is 0 Å². The number of nitrogens with zero attached hydrogens (tertiary/aromatic N) is 1. The van der Waals surface area contributed by atoms with Gasteiger partial charge in [-0.3, -0.25) is 4.99 Å². The molecule has 0 spiro atoms. The van der Waals surface area contributed by atoms with Crippen molar-refractivity contribution in [3.8, 4) is 0 Å². The molecule has 1 N–H and O–H groups in total. The Morgan fingerprint density at radius 3 is 2.67 bits per heavy atom. The summed E-state index contributed by atoms with van der Waals surface area (Å²) in [6.07, 6.45) is 1.16. The van der Waals surface area contributed by atoms with Crippen molar-refractivity contribution in [2.45, 2.75) is 39.3 Å². The van der Waals surface area contributed by atoms with Crippen LogP contribution in [0, 0.1) is 0 Å². The smallest absolute Gasteiger partial charge is 0.0937 e. The molecule has 0 aromatic heterocycles. The molecular formula is C7H14N2. The molecule has 1 heterocycles. The summed E-state index contributed by atoms with van der Waals surface area (Å²) in [5, 5.41) is 3.26. The highest BCUT2D eigenvalue weighted by molar-refractivity contribution is 5.80. The first-order valence-electron chi connectivity index (χ1n) is 3.49. The Bertz CT molecular complexity index is 129. The van der Waals surface area contributed by atoms with Crippen molar-refractivity contribution in [2.24, 2.45) is 4.99 Å². The van der Waals surface area contributed by atoms with Crippen LogP contribution in [0.2, 0.25) is 0 Å². The Labute approximate surface area is 56.4 Å². The topological polar surface area (TPSA) is 24.4 Å². The molecule has 0 amide bonds. The number of aliphatic imine (C=N–C) groups is 1. The number of rotatable bonds is 0. The van der Waals surface area contributed by atoms with Gasteiger partial charge in [0, 0.05) is 6.04 Å². The quantitative estimate of drug-likeness (QED) is 0.517. The van der Waals surface area contributed by atoms with Crippen LogP contribution in [0.5, 0.6) is 0 Å². The average Bonchev–Trinajstić information content (AvgIpc) is 1.59. The standard InChI is InChI=1S/C7H14N2/c1-5-4-6(2)9-7(3)8-5/h5-6H,4H2,1-3H3,(H,8,9). The van der Waals surface area contributed by atoms with Gasteiger partial charge in [-0.2, -0.15) is 0 Å². The lowest BCUT2D eigenvalue weighted by atomic mass is 10.1. The first kappa shape index (κ1) is 6.59. The molecule has 2 nitrogen and oxygen atoms in total. The monoisotopic (exact) mass is 126 g/mol. The molecule has 52 valence electrons. The number of nitrogens with one attached hydrogen (secondary N) is 1. The van der Waals surface area contributed by atoms with Crippen LogP contribution in [0.15, 0.2) is 4.99 Å². The van der Waals surface area contributed by atoms with Crippen molar-refractivity contribution >= 4 is 5.84 Å². The first-order chi connectivity index (χ1) is 4.18. The van der Waals surface area contributed by atoms with E-state index in [0.29, 0.717) is 12.1 Å². The summed E-state index contributed by atoms with van der Waals surface area (Å²) in [5.41, 5.74) is 0. The highest BCUT2D eigenvalue weighted by Crippen LogP contribution is 2.06. The van der Waals surface area contributed by atoms with Crippen LogP contribution in [-0.2, 0) is 0 Å². The van der Waals surface area contributed by atoms with E-state index in [1.54, 1.807) is 0 Å². The molecule has 0 aliphatic carbocycles. The summed E-state index contributed by atoms with van der Waals surface area (Å²) in [7, 11) is 0. The Morgan fingerprint density at radius 2 is 2.22 bits per heavy atom. The summed E-state index contributed by atoms with van der Waals surface area (Å²) >= 11 is 0. The van der Waals surface area contributed by atoms with E-state index in [4.69, 9.17) is 0 Å². The van der Waals surface area contributed by atoms with Crippen molar-refractivity contribution < 1.29 is 0 Å². The molecule has 0 saturated carbocycles. The molecular weight excluding hydrogens is 112 g/mol. The van der Waals surface area contributed by atoms with Gasteiger partial charge in [0.2, 0.25) is 0 Å². The van der Waals surface area contributed by atoms with Gasteiger partial charge in [0.25, 0.3) is 0 Å². The molecule has 0 aromatic rings. The van der Waals surface area contributed by atoms with Crippen molar-refractivity contribution in [3.05, 3.63) is 0 Å². The second kappa shape index (κ2) is 2.38. The summed E-state index contributed by atoms with van der Waals surface area (Å²) in [6, 6.07) is 1.12. The zero-order valence-corrected chi connectivity index (χ0v) is 6.31. The van der Waals surface area contributed by atoms with E-state index in [2.05, 4.69) is 24.2 Å². The fraction of sp³-hybridized carbons (Fsp3) is 0.857. The van der Waals surface area contributed by atoms with Crippen LogP contribution in [0.3, 0.4) is 0 Å². The lowest BCUT2D eigenvalue weighted by molar-refractivity contribution is 0.511. The Morgan fingerprint density at radius 1 is 1.56 bits per heavy atom. The molecule has 1 rings (SSSR count). The van der Waals surface area contributed by atoms with Gasteiger partial charge in [0.1, 0.15) is 0 Å². The normalized spacial score (nSPS) is 35.2. The molecule has 0 saturated heterocycles. The fourth-order valence-corrected chi connectivity index (χ4v) is 1.35. The summed E-state index contributed by atoms with van der Waals surface area (Å²) < 4.78 is 0. The van der Waals surface area contributed by atoms with Gasteiger partial charge in [-0.15, -0.1) is 0 Å². The van der Waals surface area contributed by atoms with E-state index >= 15 is 0 Å². The summed E-state index contributed by atoms with van der Waals surface area (Å²) in [4.78, 5) is 4.34. The predicted octanol–water partition coefficient (Wildman–Crippen LogP) is 1.18. The maximum Gasteiger partial charge on any atom is 0.0937 e. The second-order valence-electron chi connectivity index (χ2n) is 2.84. The summed E-state index contributed by atoms with van der Waals surface area (Å²) in [6.45, 7) is 6.36. The molecule has 2 heteroatoms. The maximum absolute atomic E-state index is 4.34. The highest BCUT2D eigenvalue weighted by atomic mass is 15.1. The van der Waals surface area contributed by atoms with Crippen molar-refractivity contribution in [1.29, 1.82) is 0 Å². The van der Waals surface area contributed by atoms with Gasteiger partial charge in [-0.1, -0.05) is 0 Å². The van der Waals surface area contributed by atoms with Gasteiger partial charge in [-0.25, -0.2) is 0 Å².